The number of carbonyl (C=O) groups excluding carboxylic acids is 2. The van der Waals surface area contributed by atoms with E-state index >= 15 is 0 Å². The van der Waals surface area contributed by atoms with Gasteiger partial charge in [-0.1, -0.05) is 24.8 Å². The van der Waals surface area contributed by atoms with Gasteiger partial charge in [-0.2, -0.15) is 5.26 Å². The van der Waals surface area contributed by atoms with E-state index in [0.717, 1.165) is 47.4 Å². The molecular formula is C29H31N5O4S. The summed E-state index contributed by atoms with van der Waals surface area (Å²) in [5.41, 5.74) is 0.827. The van der Waals surface area contributed by atoms with Gasteiger partial charge in [0.1, 0.15) is 21.9 Å². The second-order valence-electron chi connectivity index (χ2n) is 9.06. The predicted molar refractivity (Wildman–Crippen MR) is 154 cm³/mol. The summed E-state index contributed by atoms with van der Waals surface area (Å²) in [5.74, 6) is -0.885. The molecule has 0 saturated carbocycles. The third-order valence-corrected chi connectivity index (χ3v) is 7.60. The van der Waals surface area contributed by atoms with Crippen LogP contribution >= 0.6 is 11.3 Å². The van der Waals surface area contributed by atoms with E-state index in [4.69, 9.17) is 4.74 Å². The topological polar surface area (TPSA) is 116 Å². The fraction of sp³-hybridized carbons (Fsp3) is 0.310. The largest absolute Gasteiger partial charge is 0.457 e. The van der Waals surface area contributed by atoms with E-state index in [1.165, 1.54) is 23.5 Å². The SMILES string of the molecule is C=CCOC(=O)/C(C#N)=c1\s/c(=C\Nc2ccc3cc(C(=O)NCCN4CCCC4)ccc3c2)c(=O)n1CC. The fourth-order valence-electron chi connectivity index (χ4n) is 4.44. The van der Waals surface area contributed by atoms with Crippen molar-refractivity contribution in [3.63, 3.8) is 0 Å². The van der Waals surface area contributed by atoms with Crippen molar-refractivity contribution in [2.24, 2.45) is 0 Å². The molecule has 4 rings (SSSR count). The van der Waals surface area contributed by atoms with Crippen LogP contribution in [0, 0.1) is 11.3 Å². The highest BCUT2D eigenvalue weighted by Crippen LogP contribution is 2.21. The molecule has 39 heavy (non-hydrogen) atoms. The number of nitrogens with one attached hydrogen (secondary N) is 2. The van der Waals surface area contributed by atoms with Gasteiger partial charge < -0.3 is 20.3 Å². The van der Waals surface area contributed by atoms with Crippen LogP contribution in [0.15, 0.2) is 53.8 Å². The minimum atomic E-state index is -0.797. The number of ether oxygens (including phenoxy) is 1. The molecule has 0 aliphatic carbocycles. The summed E-state index contributed by atoms with van der Waals surface area (Å²) in [6, 6.07) is 13.1. The number of rotatable bonds is 10. The van der Waals surface area contributed by atoms with Gasteiger partial charge in [0.15, 0.2) is 5.57 Å². The number of thiazole rings is 1. The number of amides is 1. The van der Waals surface area contributed by atoms with Crippen molar-refractivity contribution in [3.05, 3.63) is 74.2 Å². The molecule has 0 bridgehead atoms. The second-order valence-corrected chi connectivity index (χ2v) is 10.1. The molecule has 0 radical (unpaired) electrons. The molecule has 2 N–H and O–H groups in total. The lowest BCUT2D eigenvalue weighted by Crippen LogP contribution is -2.33. The van der Waals surface area contributed by atoms with Crippen molar-refractivity contribution < 1.29 is 14.3 Å². The summed E-state index contributed by atoms with van der Waals surface area (Å²) in [6.45, 7) is 9.23. The summed E-state index contributed by atoms with van der Waals surface area (Å²) >= 11 is 1.05. The van der Waals surface area contributed by atoms with E-state index in [0.29, 0.717) is 23.2 Å². The quantitative estimate of drug-likeness (QED) is 0.296. The molecule has 0 unspecified atom stereocenters. The van der Waals surface area contributed by atoms with Gasteiger partial charge in [-0.25, -0.2) is 4.79 Å². The van der Waals surface area contributed by atoms with Crippen LogP contribution in [0.3, 0.4) is 0 Å². The Morgan fingerprint density at radius 2 is 1.92 bits per heavy atom. The number of nitriles is 1. The zero-order valence-corrected chi connectivity index (χ0v) is 22.7. The molecule has 0 spiro atoms. The number of likely N-dealkylation sites (tertiary alicyclic amines) is 1. The van der Waals surface area contributed by atoms with Crippen molar-refractivity contribution in [1.82, 2.24) is 14.8 Å². The van der Waals surface area contributed by atoms with Crippen LogP contribution in [0.4, 0.5) is 5.69 Å². The maximum atomic E-state index is 12.9. The third kappa shape index (κ3) is 6.63. The average molecular weight is 546 g/mol. The van der Waals surface area contributed by atoms with Crippen LogP contribution < -0.4 is 25.4 Å². The molecule has 10 heteroatoms. The molecule has 2 aromatic carbocycles. The Morgan fingerprint density at radius 1 is 1.18 bits per heavy atom. The van der Waals surface area contributed by atoms with Crippen molar-refractivity contribution in [1.29, 1.82) is 5.26 Å². The van der Waals surface area contributed by atoms with Crippen molar-refractivity contribution >= 4 is 51.4 Å². The number of hydrogen-bond donors (Lipinski definition) is 2. The summed E-state index contributed by atoms with van der Waals surface area (Å²) in [6.07, 6.45) is 5.43. The highest BCUT2D eigenvalue weighted by Gasteiger charge is 2.16. The Bertz CT molecular complexity index is 1610. The molecule has 3 aromatic rings. The van der Waals surface area contributed by atoms with Crippen molar-refractivity contribution in [2.45, 2.75) is 26.3 Å². The summed E-state index contributed by atoms with van der Waals surface area (Å²) in [4.78, 5) is 40.2. The first-order valence-corrected chi connectivity index (χ1v) is 13.7. The van der Waals surface area contributed by atoms with Gasteiger partial charge in [0, 0.05) is 37.1 Å². The molecular weight excluding hydrogens is 514 g/mol. The number of carbonyl (C=O) groups is 2. The van der Waals surface area contributed by atoms with Crippen LogP contribution in [-0.4, -0.2) is 54.1 Å². The van der Waals surface area contributed by atoms with E-state index in [1.54, 1.807) is 19.2 Å². The van der Waals surface area contributed by atoms with Gasteiger partial charge >= 0.3 is 5.97 Å². The van der Waals surface area contributed by atoms with Crippen LogP contribution in [0.2, 0.25) is 0 Å². The zero-order valence-electron chi connectivity index (χ0n) is 21.9. The van der Waals surface area contributed by atoms with Crippen LogP contribution in [0.25, 0.3) is 22.5 Å². The highest BCUT2D eigenvalue weighted by molar-refractivity contribution is 7.07. The van der Waals surface area contributed by atoms with Gasteiger partial charge in [-0.05, 0) is 67.9 Å². The van der Waals surface area contributed by atoms with Gasteiger partial charge in [-0.15, -0.1) is 11.3 Å². The van der Waals surface area contributed by atoms with Gasteiger partial charge in [0.25, 0.3) is 11.5 Å². The summed E-state index contributed by atoms with van der Waals surface area (Å²) in [5, 5.41) is 17.5. The van der Waals surface area contributed by atoms with E-state index in [9.17, 15) is 19.6 Å². The molecule has 202 valence electrons. The van der Waals surface area contributed by atoms with Gasteiger partial charge in [-0.3, -0.25) is 14.2 Å². The number of nitrogens with zero attached hydrogens (tertiary/aromatic N) is 3. The van der Waals surface area contributed by atoms with Gasteiger partial charge in [0.05, 0.1) is 0 Å². The Balaban J connectivity index is 1.52. The summed E-state index contributed by atoms with van der Waals surface area (Å²) < 4.78 is 6.97. The molecule has 9 nitrogen and oxygen atoms in total. The van der Waals surface area contributed by atoms with Crippen molar-refractivity contribution in [3.8, 4) is 6.07 Å². The Hall–Kier alpha value is -4.20. The number of aromatic nitrogens is 1. The van der Waals surface area contributed by atoms with E-state index in [2.05, 4.69) is 22.1 Å². The minimum absolute atomic E-state index is 0.0286. The minimum Gasteiger partial charge on any atom is -0.457 e. The molecule has 1 fully saturated rings. The lowest BCUT2D eigenvalue weighted by atomic mass is 10.1. The lowest BCUT2D eigenvalue weighted by molar-refractivity contribution is -0.135. The Morgan fingerprint density at radius 3 is 2.64 bits per heavy atom. The van der Waals surface area contributed by atoms with Crippen LogP contribution in [0.1, 0.15) is 30.1 Å². The first kappa shape index (κ1) is 27.8. The standard InChI is InChI=1S/C29H31N5O4S/c1-3-15-38-29(37)24(18-30)28-34(4-2)27(36)25(39-28)19-32-23-10-9-20-16-22(8-7-21(20)17-23)26(35)31-11-14-33-12-5-6-13-33/h3,7-10,16-17,19,32H,1,4-6,11-15H2,2H3,(H,31,35)/b25-19-,28-24-. The molecule has 1 aromatic heterocycles. The number of esters is 1. The third-order valence-electron chi connectivity index (χ3n) is 6.47. The smallest absolute Gasteiger partial charge is 0.352 e. The number of hydrogen-bond acceptors (Lipinski definition) is 8. The second kappa shape index (κ2) is 13.0. The highest BCUT2D eigenvalue weighted by atomic mass is 32.1. The van der Waals surface area contributed by atoms with Gasteiger partial charge in [0.2, 0.25) is 0 Å². The van der Waals surface area contributed by atoms with E-state index < -0.39 is 5.97 Å². The van der Waals surface area contributed by atoms with Crippen LogP contribution in [0.5, 0.6) is 0 Å². The Labute approximate surface area is 230 Å². The maximum absolute atomic E-state index is 12.9. The molecule has 1 aliphatic heterocycles. The normalized spacial score (nSPS) is 14.6. The van der Waals surface area contributed by atoms with E-state index in [1.807, 2.05) is 36.4 Å². The summed E-state index contributed by atoms with van der Waals surface area (Å²) in [7, 11) is 0. The number of anilines is 1. The first-order valence-electron chi connectivity index (χ1n) is 12.9. The fourth-order valence-corrected chi connectivity index (χ4v) is 5.52. The zero-order chi connectivity index (χ0) is 27.8. The monoisotopic (exact) mass is 545 g/mol. The predicted octanol–water partition coefficient (Wildman–Crippen LogP) is 2.16. The van der Waals surface area contributed by atoms with Crippen molar-refractivity contribution in [2.75, 3.05) is 38.1 Å². The molecule has 1 saturated heterocycles. The van der Waals surface area contributed by atoms with Crippen LogP contribution in [-0.2, 0) is 16.1 Å². The lowest BCUT2D eigenvalue weighted by Gasteiger charge is -2.14. The Kier molecular flexibility index (Phi) is 9.31. The molecule has 2 heterocycles. The number of benzene rings is 2. The first-order chi connectivity index (χ1) is 18.9. The van der Waals surface area contributed by atoms with E-state index in [-0.39, 0.29) is 28.3 Å². The molecule has 1 amide bonds. The number of fused-ring (bicyclic) bond motifs is 1. The molecule has 0 atom stereocenters. The molecule has 1 aliphatic rings. The maximum Gasteiger partial charge on any atom is 0.352 e. The average Bonchev–Trinajstić information content (AvgIpc) is 3.58.